The van der Waals surface area contributed by atoms with Crippen LogP contribution in [0.25, 0.3) is 10.2 Å². The molecule has 24 heavy (non-hydrogen) atoms. The maximum Gasteiger partial charge on any atom is 0.338 e. The molecule has 2 aromatic carbocycles. The second kappa shape index (κ2) is 7.10. The number of methoxy groups -OCH3 is 1. The van der Waals surface area contributed by atoms with Crippen LogP contribution in [0.3, 0.4) is 0 Å². The van der Waals surface area contributed by atoms with Crippen molar-refractivity contribution < 1.29 is 19.1 Å². The second-order valence-electron chi connectivity index (χ2n) is 4.89. The van der Waals surface area contributed by atoms with Crippen LogP contribution in [0.1, 0.15) is 10.4 Å². The molecule has 0 radical (unpaired) electrons. The van der Waals surface area contributed by atoms with Gasteiger partial charge < -0.3 is 14.8 Å². The molecule has 1 amide bonds. The smallest absolute Gasteiger partial charge is 0.338 e. The van der Waals surface area contributed by atoms with Crippen LogP contribution in [0.5, 0.6) is 5.75 Å². The Kier molecular flexibility index (Phi) is 4.72. The minimum atomic E-state index is -0.546. The third kappa shape index (κ3) is 3.69. The lowest BCUT2D eigenvalue weighted by atomic mass is 10.2. The largest absolute Gasteiger partial charge is 0.497 e. The van der Waals surface area contributed by atoms with E-state index in [0.717, 1.165) is 10.2 Å². The van der Waals surface area contributed by atoms with E-state index in [1.54, 1.807) is 55.1 Å². The highest BCUT2D eigenvalue weighted by Crippen LogP contribution is 2.19. The quantitative estimate of drug-likeness (QED) is 0.721. The van der Waals surface area contributed by atoms with Crippen molar-refractivity contribution in [2.45, 2.75) is 0 Å². The number of benzene rings is 2. The Labute approximate surface area is 142 Å². The molecule has 0 saturated carbocycles. The summed E-state index contributed by atoms with van der Waals surface area (Å²) in [6.45, 7) is -0.356. The first-order valence-electron chi connectivity index (χ1n) is 7.10. The molecule has 3 aromatic rings. The van der Waals surface area contributed by atoms with Gasteiger partial charge in [-0.1, -0.05) is 0 Å². The molecule has 6 nitrogen and oxygen atoms in total. The standard InChI is InChI=1S/C17H14N2O4S/c1-22-13-5-3-12(4-6-13)19-16(20)9-23-17(21)11-2-7-14-15(8-11)24-10-18-14/h2-8,10H,9H2,1H3,(H,19,20). The highest BCUT2D eigenvalue weighted by Gasteiger charge is 2.11. The molecule has 122 valence electrons. The van der Waals surface area contributed by atoms with Gasteiger partial charge in [-0.15, -0.1) is 11.3 Å². The number of ether oxygens (including phenoxy) is 2. The van der Waals surface area contributed by atoms with Crippen LogP contribution in [0.2, 0.25) is 0 Å². The van der Waals surface area contributed by atoms with Gasteiger partial charge in [0.25, 0.3) is 5.91 Å². The lowest BCUT2D eigenvalue weighted by Gasteiger charge is -2.07. The van der Waals surface area contributed by atoms with E-state index in [0.29, 0.717) is 17.0 Å². The number of nitrogens with zero attached hydrogens (tertiary/aromatic N) is 1. The van der Waals surface area contributed by atoms with Gasteiger partial charge in [-0.2, -0.15) is 0 Å². The fourth-order valence-electron chi connectivity index (χ4n) is 2.07. The lowest BCUT2D eigenvalue weighted by Crippen LogP contribution is -2.20. The molecule has 1 heterocycles. The number of anilines is 1. The van der Waals surface area contributed by atoms with Crippen molar-refractivity contribution in [1.29, 1.82) is 0 Å². The van der Waals surface area contributed by atoms with E-state index in [1.807, 2.05) is 0 Å². The normalized spacial score (nSPS) is 10.4. The molecule has 0 atom stereocenters. The van der Waals surface area contributed by atoms with Crippen molar-refractivity contribution in [2.75, 3.05) is 19.0 Å². The summed E-state index contributed by atoms with van der Waals surface area (Å²) >= 11 is 1.44. The summed E-state index contributed by atoms with van der Waals surface area (Å²) < 4.78 is 11.0. The van der Waals surface area contributed by atoms with Crippen molar-refractivity contribution in [3.8, 4) is 5.75 Å². The van der Waals surface area contributed by atoms with Crippen molar-refractivity contribution in [2.24, 2.45) is 0 Å². The van der Waals surface area contributed by atoms with E-state index < -0.39 is 11.9 Å². The fourth-order valence-corrected chi connectivity index (χ4v) is 2.78. The minimum Gasteiger partial charge on any atom is -0.497 e. The summed E-state index contributed by atoms with van der Waals surface area (Å²) in [6, 6.07) is 12.0. The lowest BCUT2D eigenvalue weighted by molar-refractivity contribution is -0.119. The summed E-state index contributed by atoms with van der Waals surface area (Å²) in [4.78, 5) is 28.0. The number of rotatable bonds is 5. The Morgan fingerprint density at radius 2 is 1.96 bits per heavy atom. The number of aromatic nitrogens is 1. The maximum absolute atomic E-state index is 12.0. The number of carbonyl (C=O) groups excluding carboxylic acids is 2. The Hall–Kier alpha value is -2.93. The predicted octanol–water partition coefficient (Wildman–Crippen LogP) is 3.10. The summed E-state index contributed by atoms with van der Waals surface area (Å²) in [5.41, 5.74) is 3.53. The van der Waals surface area contributed by atoms with Gasteiger partial charge in [-0.05, 0) is 42.5 Å². The topological polar surface area (TPSA) is 77.5 Å². The zero-order valence-electron chi connectivity index (χ0n) is 12.8. The van der Waals surface area contributed by atoms with E-state index in [-0.39, 0.29) is 6.61 Å². The van der Waals surface area contributed by atoms with Crippen LogP contribution in [0, 0.1) is 0 Å². The van der Waals surface area contributed by atoms with Crippen LogP contribution < -0.4 is 10.1 Å². The van der Waals surface area contributed by atoms with Gasteiger partial charge in [-0.3, -0.25) is 4.79 Å². The van der Waals surface area contributed by atoms with E-state index in [1.165, 1.54) is 11.3 Å². The molecule has 0 aliphatic heterocycles. The zero-order chi connectivity index (χ0) is 16.9. The minimum absolute atomic E-state index is 0.356. The van der Waals surface area contributed by atoms with Gasteiger partial charge in [0.1, 0.15) is 5.75 Å². The number of thiazole rings is 1. The molecule has 0 fully saturated rings. The summed E-state index contributed by atoms with van der Waals surface area (Å²) in [5, 5.41) is 2.65. The van der Waals surface area contributed by atoms with Crippen LogP contribution in [-0.4, -0.2) is 30.6 Å². The average Bonchev–Trinajstić information content (AvgIpc) is 3.08. The van der Waals surface area contributed by atoms with Gasteiger partial charge in [0.2, 0.25) is 0 Å². The molecule has 0 unspecified atom stereocenters. The maximum atomic E-state index is 12.0. The molecule has 3 rings (SSSR count). The second-order valence-corrected chi connectivity index (χ2v) is 5.77. The SMILES string of the molecule is COc1ccc(NC(=O)COC(=O)c2ccc3ncsc3c2)cc1. The molecule has 0 saturated heterocycles. The number of amides is 1. The van der Waals surface area contributed by atoms with Crippen LogP contribution in [0.4, 0.5) is 5.69 Å². The molecule has 0 spiro atoms. The van der Waals surface area contributed by atoms with Gasteiger partial charge in [-0.25, -0.2) is 9.78 Å². The summed E-state index contributed by atoms with van der Waals surface area (Å²) in [7, 11) is 1.57. The Balaban J connectivity index is 1.55. The predicted molar refractivity (Wildman–Crippen MR) is 91.5 cm³/mol. The Morgan fingerprint density at radius 3 is 2.71 bits per heavy atom. The van der Waals surface area contributed by atoms with Crippen molar-refractivity contribution in [1.82, 2.24) is 4.98 Å². The average molecular weight is 342 g/mol. The van der Waals surface area contributed by atoms with Crippen LogP contribution in [0.15, 0.2) is 48.0 Å². The monoisotopic (exact) mass is 342 g/mol. The molecule has 7 heteroatoms. The molecular weight excluding hydrogens is 328 g/mol. The first-order chi connectivity index (χ1) is 11.7. The van der Waals surface area contributed by atoms with Gasteiger partial charge >= 0.3 is 5.97 Å². The third-order valence-electron chi connectivity index (χ3n) is 3.28. The Morgan fingerprint density at radius 1 is 1.17 bits per heavy atom. The summed E-state index contributed by atoms with van der Waals surface area (Å²) in [5.74, 6) is -0.263. The molecular formula is C17H14N2O4S. The summed E-state index contributed by atoms with van der Waals surface area (Å²) in [6.07, 6.45) is 0. The van der Waals surface area contributed by atoms with Crippen LogP contribution >= 0.6 is 11.3 Å². The number of hydrogen-bond donors (Lipinski definition) is 1. The molecule has 0 aliphatic carbocycles. The van der Waals surface area contributed by atoms with E-state index in [2.05, 4.69) is 10.3 Å². The number of carbonyl (C=O) groups is 2. The molecule has 1 aromatic heterocycles. The molecule has 0 bridgehead atoms. The van der Waals surface area contributed by atoms with Crippen molar-refractivity contribution in [3.63, 3.8) is 0 Å². The molecule has 0 aliphatic rings. The Bertz CT molecular complexity index is 874. The highest BCUT2D eigenvalue weighted by molar-refractivity contribution is 7.16. The zero-order valence-corrected chi connectivity index (χ0v) is 13.6. The van der Waals surface area contributed by atoms with Gasteiger partial charge in [0.05, 0.1) is 28.4 Å². The van der Waals surface area contributed by atoms with E-state index >= 15 is 0 Å². The van der Waals surface area contributed by atoms with Crippen molar-refractivity contribution >= 4 is 39.1 Å². The number of fused-ring (bicyclic) bond motifs is 1. The fraction of sp³-hybridized carbons (Fsp3) is 0.118. The third-order valence-corrected chi connectivity index (χ3v) is 4.07. The highest BCUT2D eigenvalue weighted by atomic mass is 32.1. The first-order valence-corrected chi connectivity index (χ1v) is 7.98. The van der Waals surface area contributed by atoms with Crippen molar-refractivity contribution in [3.05, 3.63) is 53.5 Å². The number of hydrogen-bond acceptors (Lipinski definition) is 6. The van der Waals surface area contributed by atoms with Gasteiger partial charge in [0.15, 0.2) is 6.61 Å². The molecule has 1 N–H and O–H groups in total. The number of esters is 1. The first kappa shape index (κ1) is 15.9. The van der Waals surface area contributed by atoms with E-state index in [9.17, 15) is 9.59 Å². The van der Waals surface area contributed by atoms with Crippen LogP contribution in [-0.2, 0) is 9.53 Å². The van der Waals surface area contributed by atoms with Gasteiger partial charge in [0, 0.05) is 5.69 Å². The van der Waals surface area contributed by atoms with E-state index in [4.69, 9.17) is 9.47 Å². The number of nitrogens with one attached hydrogen (secondary N) is 1.